The van der Waals surface area contributed by atoms with Crippen LogP contribution < -0.4 is 5.32 Å². The third kappa shape index (κ3) is 3.99. The molecule has 2 rings (SSSR count). The molecule has 5 heteroatoms. The zero-order chi connectivity index (χ0) is 15.4. The summed E-state index contributed by atoms with van der Waals surface area (Å²) in [5.41, 5.74) is 2.05. The zero-order valence-corrected chi connectivity index (χ0v) is 14.4. The maximum Gasteiger partial charge on any atom is 0.0847 e. The fourth-order valence-electron chi connectivity index (χ4n) is 3.07. The summed E-state index contributed by atoms with van der Waals surface area (Å²) in [5, 5.41) is 8.97. The smallest absolute Gasteiger partial charge is 0.0847 e. The second-order valence-corrected chi connectivity index (χ2v) is 6.37. The largest absolute Gasteiger partial charge is 0.374 e. The molecule has 1 aromatic rings. The number of rotatable bonds is 7. The van der Waals surface area contributed by atoms with Crippen molar-refractivity contribution in [3.05, 3.63) is 16.4 Å². The lowest BCUT2D eigenvalue weighted by molar-refractivity contribution is 0.0316. The highest BCUT2D eigenvalue weighted by atomic mass is 35.5. The standard InChI is InChI=1S/C16H28ClN3O/c1-5-9-18-13(15-8-7-11(3)21-15)10-14-16(17)12(4)19-20(14)6-2/h11,13,15,18H,5-10H2,1-4H3. The Morgan fingerprint density at radius 1 is 1.43 bits per heavy atom. The van der Waals surface area contributed by atoms with Gasteiger partial charge in [0.05, 0.1) is 28.6 Å². The fourth-order valence-corrected chi connectivity index (χ4v) is 3.28. The highest BCUT2D eigenvalue weighted by molar-refractivity contribution is 6.31. The molecule has 1 aromatic heterocycles. The van der Waals surface area contributed by atoms with Gasteiger partial charge in [-0.25, -0.2) is 0 Å². The molecule has 0 aliphatic carbocycles. The molecule has 0 spiro atoms. The van der Waals surface area contributed by atoms with E-state index >= 15 is 0 Å². The summed E-state index contributed by atoms with van der Waals surface area (Å²) in [6.07, 6.45) is 4.93. The highest BCUT2D eigenvalue weighted by Gasteiger charge is 2.31. The normalized spacial score (nSPS) is 23.7. The highest BCUT2D eigenvalue weighted by Crippen LogP contribution is 2.27. The summed E-state index contributed by atoms with van der Waals surface area (Å²) >= 11 is 6.45. The molecular weight excluding hydrogens is 286 g/mol. The molecule has 1 aliphatic heterocycles. The molecule has 0 bridgehead atoms. The van der Waals surface area contributed by atoms with E-state index in [0.29, 0.717) is 12.1 Å². The number of halogens is 1. The van der Waals surface area contributed by atoms with Crippen molar-refractivity contribution in [2.75, 3.05) is 6.54 Å². The van der Waals surface area contributed by atoms with Crippen LogP contribution >= 0.6 is 11.6 Å². The topological polar surface area (TPSA) is 39.1 Å². The van der Waals surface area contributed by atoms with E-state index in [2.05, 4.69) is 31.2 Å². The van der Waals surface area contributed by atoms with Gasteiger partial charge in [0.2, 0.25) is 0 Å². The van der Waals surface area contributed by atoms with Crippen molar-refractivity contribution in [1.82, 2.24) is 15.1 Å². The molecule has 3 unspecified atom stereocenters. The van der Waals surface area contributed by atoms with Gasteiger partial charge in [0, 0.05) is 19.0 Å². The average molecular weight is 314 g/mol. The summed E-state index contributed by atoms with van der Waals surface area (Å²) in [5.74, 6) is 0. The van der Waals surface area contributed by atoms with Crippen LogP contribution in [0.3, 0.4) is 0 Å². The van der Waals surface area contributed by atoms with Gasteiger partial charge in [0.1, 0.15) is 0 Å². The van der Waals surface area contributed by atoms with Gasteiger partial charge in [-0.2, -0.15) is 5.10 Å². The predicted molar refractivity (Wildman–Crippen MR) is 87.0 cm³/mol. The van der Waals surface area contributed by atoms with Crippen molar-refractivity contribution < 1.29 is 4.74 Å². The van der Waals surface area contributed by atoms with Crippen molar-refractivity contribution in [3.8, 4) is 0 Å². The van der Waals surface area contributed by atoms with Crippen molar-refractivity contribution >= 4 is 11.6 Å². The summed E-state index contributed by atoms with van der Waals surface area (Å²) in [6.45, 7) is 10.3. The molecule has 3 atom stereocenters. The van der Waals surface area contributed by atoms with Gasteiger partial charge in [-0.3, -0.25) is 4.68 Å². The van der Waals surface area contributed by atoms with Gasteiger partial charge in [-0.05, 0) is 46.6 Å². The van der Waals surface area contributed by atoms with Gasteiger partial charge in [0.25, 0.3) is 0 Å². The molecule has 0 radical (unpaired) electrons. The molecule has 120 valence electrons. The first-order chi connectivity index (χ1) is 10.1. The molecule has 1 fully saturated rings. The minimum atomic E-state index is 0.281. The average Bonchev–Trinajstić information content (AvgIpc) is 3.01. The Kier molecular flexibility index (Phi) is 6.08. The van der Waals surface area contributed by atoms with Gasteiger partial charge in [-0.1, -0.05) is 18.5 Å². The van der Waals surface area contributed by atoms with Crippen molar-refractivity contribution in [2.24, 2.45) is 0 Å². The third-order valence-electron chi connectivity index (χ3n) is 4.24. The first kappa shape index (κ1) is 16.8. The van der Waals surface area contributed by atoms with Crippen molar-refractivity contribution in [2.45, 2.75) is 78.2 Å². The van der Waals surface area contributed by atoms with Crippen LogP contribution in [-0.4, -0.2) is 34.6 Å². The molecule has 0 aromatic carbocycles. The summed E-state index contributed by atoms with van der Waals surface area (Å²) in [4.78, 5) is 0. The molecular formula is C16H28ClN3O. The van der Waals surface area contributed by atoms with E-state index in [9.17, 15) is 0 Å². The molecule has 0 amide bonds. The van der Waals surface area contributed by atoms with Gasteiger partial charge in [0.15, 0.2) is 0 Å². The number of aryl methyl sites for hydroxylation is 2. The van der Waals surface area contributed by atoms with Crippen LogP contribution in [0, 0.1) is 6.92 Å². The summed E-state index contributed by atoms with van der Waals surface area (Å²) in [7, 11) is 0. The first-order valence-electron chi connectivity index (χ1n) is 8.17. The Balaban J connectivity index is 2.14. The van der Waals surface area contributed by atoms with E-state index in [1.807, 2.05) is 11.6 Å². The fraction of sp³-hybridized carbons (Fsp3) is 0.812. The lowest BCUT2D eigenvalue weighted by Crippen LogP contribution is -2.42. The minimum absolute atomic E-state index is 0.281. The maximum atomic E-state index is 6.45. The first-order valence-corrected chi connectivity index (χ1v) is 8.55. The summed E-state index contributed by atoms with van der Waals surface area (Å²) < 4.78 is 8.10. The number of aromatic nitrogens is 2. The Labute approximate surface area is 133 Å². The number of nitrogens with one attached hydrogen (secondary N) is 1. The number of hydrogen-bond donors (Lipinski definition) is 1. The second kappa shape index (κ2) is 7.61. The van der Waals surface area contributed by atoms with Crippen LogP contribution in [0.1, 0.15) is 51.4 Å². The molecule has 2 heterocycles. The van der Waals surface area contributed by atoms with Crippen LogP contribution in [0.2, 0.25) is 5.02 Å². The van der Waals surface area contributed by atoms with E-state index in [1.165, 1.54) is 0 Å². The van der Waals surface area contributed by atoms with Crippen LogP contribution in [0.4, 0.5) is 0 Å². The Hall–Kier alpha value is -0.580. The maximum absolute atomic E-state index is 6.45. The Bertz CT molecular complexity index is 461. The molecule has 1 saturated heterocycles. The number of hydrogen-bond acceptors (Lipinski definition) is 3. The monoisotopic (exact) mass is 313 g/mol. The SMILES string of the molecule is CCCNC(Cc1c(Cl)c(C)nn1CC)C1CCC(C)O1. The predicted octanol–water partition coefficient (Wildman–Crippen LogP) is 3.34. The molecule has 4 nitrogen and oxygen atoms in total. The minimum Gasteiger partial charge on any atom is -0.374 e. The summed E-state index contributed by atoms with van der Waals surface area (Å²) in [6, 6.07) is 0.314. The van der Waals surface area contributed by atoms with Crippen molar-refractivity contribution in [1.29, 1.82) is 0 Å². The Morgan fingerprint density at radius 3 is 2.76 bits per heavy atom. The lowest BCUT2D eigenvalue weighted by Gasteiger charge is -2.25. The van der Waals surface area contributed by atoms with E-state index < -0.39 is 0 Å². The zero-order valence-electron chi connectivity index (χ0n) is 13.7. The van der Waals surface area contributed by atoms with E-state index in [1.54, 1.807) is 0 Å². The van der Waals surface area contributed by atoms with Crippen LogP contribution in [0.25, 0.3) is 0 Å². The van der Waals surface area contributed by atoms with Gasteiger partial charge >= 0.3 is 0 Å². The molecule has 1 aliphatic rings. The van der Waals surface area contributed by atoms with E-state index in [4.69, 9.17) is 16.3 Å². The lowest BCUT2D eigenvalue weighted by atomic mass is 10.0. The van der Waals surface area contributed by atoms with Crippen LogP contribution in [-0.2, 0) is 17.7 Å². The third-order valence-corrected chi connectivity index (χ3v) is 4.73. The second-order valence-electron chi connectivity index (χ2n) is 5.99. The van der Waals surface area contributed by atoms with Gasteiger partial charge in [-0.15, -0.1) is 0 Å². The molecule has 0 saturated carbocycles. The number of nitrogens with zero attached hydrogens (tertiary/aromatic N) is 2. The van der Waals surface area contributed by atoms with Crippen LogP contribution in [0.15, 0.2) is 0 Å². The van der Waals surface area contributed by atoms with Crippen LogP contribution in [0.5, 0.6) is 0 Å². The molecule has 21 heavy (non-hydrogen) atoms. The molecule has 1 N–H and O–H groups in total. The van der Waals surface area contributed by atoms with Crippen molar-refractivity contribution in [3.63, 3.8) is 0 Å². The van der Waals surface area contributed by atoms with E-state index in [-0.39, 0.29) is 6.10 Å². The van der Waals surface area contributed by atoms with E-state index in [0.717, 1.165) is 55.2 Å². The number of ether oxygens (including phenoxy) is 1. The quantitative estimate of drug-likeness (QED) is 0.839. The Morgan fingerprint density at radius 2 is 2.19 bits per heavy atom. The van der Waals surface area contributed by atoms with Gasteiger partial charge < -0.3 is 10.1 Å².